The Bertz CT molecular complexity index is 826. The number of carbonyl (C=O) groups excluding carboxylic acids is 1. The van der Waals surface area contributed by atoms with Crippen molar-refractivity contribution in [2.75, 3.05) is 11.9 Å². The number of nitriles is 1. The highest BCUT2D eigenvalue weighted by atomic mass is 19.4. The van der Waals surface area contributed by atoms with Gasteiger partial charge >= 0.3 is 6.18 Å². The minimum Gasteiger partial charge on any atom is -0.384 e. The SMILES string of the molecule is N#Cc1ccc(NCC(Cc2ccc(F)cc2)C(N)=O)c(C(F)(F)F)c1. The van der Waals surface area contributed by atoms with E-state index in [9.17, 15) is 22.4 Å². The van der Waals surface area contributed by atoms with Crippen LogP contribution < -0.4 is 11.1 Å². The maximum absolute atomic E-state index is 13.2. The summed E-state index contributed by atoms with van der Waals surface area (Å²) in [5.41, 5.74) is 4.59. The second-order valence-electron chi connectivity index (χ2n) is 5.68. The van der Waals surface area contributed by atoms with Crippen molar-refractivity contribution < 1.29 is 22.4 Å². The lowest BCUT2D eigenvalue weighted by Crippen LogP contribution is -2.31. The zero-order valence-electron chi connectivity index (χ0n) is 13.5. The van der Waals surface area contributed by atoms with Gasteiger partial charge in [0.05, 0.1) is 23.1 Å². The van der Waals surface area contributed by atoms with Crippen molar-refractivity contribution in [3.05, 3.63) is 65.0 Å². The summed E-state index contributed by atoms with van der Waals surface area (Å²) in [6, 6.07) is 10.2. The molecule has 0 aliphatic heterocycles. The van der Waals surface area contributed by atoms with Crippen molar-refractivity contribution >= 4 is 11.6 Å². The summed E-state index contributed by atoms with van der Waals surface area (Å²) in [5.74, 6) is -1.92. The summed E-state index contributed by atoms with van der Waals surface area (Å²) in [5, 5.41) is 11.3. The molecule has 8 heteroatoms. The van der Waals surface area contributed by atoms with Gasteiger partial charge in [-0.2, -0.15) is 18.4 Å². The van der Waals surface area contributed by atoms with Crippen LogP contribution in [-0.2, 0) is 17.4 Å². The van der Waals surface area contributed by atoms with Gasteiger partial charge in [0, 0.05) is 12.2 Å². The molecule has 0 spiro atoms. The average molecular weight is 365 g/mol. The summed E-state index contributed by atoms with van der Waals surface area (Å²) in [7, 11) is 0. The maximum Gasteiger partial charge on any atom is 0.418 e. The largest absolute Gasteiger partial charge is 0.418 e. The number of rotatable bonds is 6. The standard InChI is InChI=1S/C18H15F4N3O/c19-14-4-1-11(2-5-14)7-13(17(24)26)10-25-16-6-3-12(9-23)8-15(16)18(20,21)22/h1-6,8,13,25H,7,10H2,(H2,24,26). The van der Waals surface area contributed by atoms with Crippen molar-refractivity contribution in [1.29, 1.82) is 5.26 Å². The smallest absolute Gasteiger partial charge is 0.384 e. The fraction of sp³-hybridized carbons (Fsp3) is 0.222. The van der Waals surface area contributed by atoms with Gasteiger partial charge in [0.1, 0.15) is 5.82 Å². The van der Waals surface area contributed by atoms with Crippen LogP contribution in [0, 0.1) is 23.1 Å². The van der Waals surface area contributed by atoms with E-state index in [1.165, 1.54) is 30.3 Å². The lowest BCUT2D eigenvalue weighted by atomic mass is 9.98. The molecule has 1 atom stereocenters. The Hall–Kier alpha value is -3.08. The first-order chi connectivity index (χ1) is 12.2. The van der Waals surface area contributed by atoms with Crippen LogP contribution in [0.5, 0.6) is 0 Å². The summed E-state index contributed by atoms with van der Waals surface area (Å²) in [6.45, 7) is -0.137. The molecule has 0 heterocycles. The van der Waals surface area contributed by atoms with Crippen molar-refractivity contribution in [3.8, 4) is 6.07 Å². The lowest BCUT2D eigenvalue weighted by molar-refractivity contribution is -0.137. The molecule has 2 aromatic carbocycles. The molecular formula is C18H15F4N3O. The van der Waals surface area contributed by atoms with E-state index in [0.717, 1.165) is 12.1 Å². The normalized spacial score (nSPS) is 12.3. The van der Waals surface area contributed by atoms with Crippen LogP contribution in [0.1, 0.15) is 16.7 Å². The predicted molar refractivity (Wildman–Crippen MR) is 87.4 cm³/mol. The molecule has 4 nitrogen and oxygen atoms in total. The highest BCUT2D eigenvalue weighted by Crippen LogP contribution is 2.35. The van der Waals surface area contributed by atoms with Crippen molar-refractivity contribution in [1.82, 2.24) is 0 Å². The van der Waals surface area contributed by atoms with Crippen LogP contribution >= 0.6 is 0 Å². The van der Waals surface area contributed by atoms with Gasteiger partial charge in [-0.25, -0.2) is 4.39 Å². The van der Waals surface area contributed by atoms with E-state index < -0.39 is 29.4 Å². The first kappa shape index (κ1) is 19.2. The van der Waals surface area contributed by atoms with Gasteiger partial charge in [-0.1, -0.05) is 12.1 Å². The van der Waals surface area contributed by atoms with Crippen molar-refractivity contribution in [2.45, 2.75) is 12.6 Å². The Morgan fingerprint density at radius 1 is 1.19 bits per heavy atom. The molecule has 0 fully saturated rings. The monoisotopic (exact) mass is 365 g/mol. The van der Waals surface area contributed by atoms with Crippen LogP contribution in [0.25, 0.3) is 0 Å². The number of hydrogen-bond acceptors (Lipinski definition) is 3. The third kappa shape index (κ3) is 4.96. The predicted octanol–water partition coefficient (Wildman–Crippen LogP) is 3.47. The summed E-state index contributed by atoms with van der Waals surface area (Å²) in [6.07, 6.45) is -4.51. The van der Waals surface area contributed by atoms with Gasteiger partial charge in [0.2, 0.25) is 5.91 Å². The van der Waals surface area contributed by atoms with E-state index in [1.54, 1.807) is 6.07 Å². The highest BCUT2D eigenvalue weighted by molar-refractivity contribution is 5.77. The number of hydrogen-bond donors (Lipinski definition) is 2. The first-order valence-corrected chi connectivity index (χ1v) is 7.59. The molecule has 1 amide bonds. The second kappa shape index (κ2) is 7.87. The summed E-state index contributed by atoms with van der Waals surface area (Å²) < 4.78 is 52.4. The number of nitrogens with zero attached hydrogens (tertiary/aromatic N) is 1. The van der Waals surface area contributed by atoms with Crippen molar-refractivity contribution in [2.24, 2.45) is 11.7 Å². The molecule has 0 bridgehead atoms. The highest BCUT2D eigenvalue weighted by Gasteiger charge is 2.34. The minimum atomic E-state index is -4.66. The minimum absolute atomic E-state index is 0.124. The zero-order valence-corrected chi connectivity index (χ0v) is 13.5. The number of nitrogens with two attached hydrogens (primary N) is 1. The molecule has 3 N–H and O–H groups in total. The number of alkyl halides is 3. The molecule has 2 aromatic rings. The quantitative estimate of drug-likeness (QED) is 0.770. The Balaban J connectivity index is 2.17. The lowest BCUT2D eigenvalue weighted by Gasteiger charge is -2.18. The molecule has 0 aliphatic carbocycles. The molecule has 136 valence electrons. The molecule has 0 radical (unpaired) electrons. The fourth-order valence-electron chi connectivity index (χ4n) is 2.41. The van der Waals surface area contributed by atoms with Crippen LogP contribution in [0.4, 0.5) is 23.2 Å². The van der Waals surface area contributed by atoms with E-state index in [0.29, 0.717) is 5.56 Å². The van der Waals surface area contributed by atoms with Gasteiger partial charge in [0.15, 0.2) is 0 Å². The molecule has 1 unspecified atom stereocenters. The molecule has 2 rings (SSSR count). The first-order valence-electron chi connectivity index (χ1n) is 7.59. The van der Waals surface area contributed by atoms with E-state index in [-0.39, 0.29) is 24.2 Å². The van der Waals surface area contributed by atoms with Crippen LogP contribution in [0.15, 0.2) is 42.5 Å². The van der Waals surface area contributed by atoms with Crippen LogP contribution in [-0.4, -0.2) is 12.5 Å². The topological polar surface area (TPSA) is 78.9 Å². The fourth-order valence-corrected chi connectivity index (χ4v) is 2.41. The number of primary amides is 1. The third-order valence-corrected chi connectivity index (χ3v) is 3.79. The van der Waals surface area contributed by atoms with Crippen LogP contribution in [0.2, 0.25) is 0 Å². The Morgan fingerprint density at radius 2 is 1.85 bits per heavy atom. The van der Waals surface area contributed by atoms with Gasteiger partial charge in [-0.15, -0.1) is 0 Å². The third-order valence-electron chi connectivity index (χ3n) is 3.79. The van der Waals surface area contributed by atoms with Gasteiger partial charge in [-0.05, 0) is 42.3 Å². The van der Waals surface area contributed by atoms with E-state index in [4.69, 9.17) is 11.0 Å². The van der Waals surface area contributed by atoms with E-state index in [1.807, 2.05) is 0 Å². The molecule has 26 heavy (non-hydrogen) atoms. The van der Waals surface area contributed by atoms with E-state index >= 15 is 0 Å². The van der Waals surface area contributed by atoms with Crippen molar-refractivity contribution in [3.63, 3.8) is 0 Å². The Morgan fingerprint density at radius 3 is 2.38 bits per heavy atom. The number of anilines is 1. The number of halogens is 4. The van der Waals surface area contributed by atoms with Gasteiger partial charge in [0.25, 0.3) is 0 Å². The number of benzene rings is 2. The maximum atomic E-state index is 13.2. The number of nitrogens with one attached hydrogen (secondary N) is 1. The molecule has 0 saturated carbocycles. The number of carbonyl (C=O) groups is 1. The molecule has 0 saturated heterocycles. The number of amides is 1. The Labute approximate surface area is 147 Å². The Kier molecular flexibility index (Phi) is 5.82. The second-order valence-corrected chi connectivity index (χ2v) is 5.68. The summed E-state index contributed by atoms with van der Waals surface area (Å²) in [4.78, 5) is 11.6. The van der Waals surface area contributed by atoms with Crippen LogP contribution in [0.3, 0.4) is 0 Å². The van der Waals surface area contributed by atoms with Gasteiger partial charge in [-0.3, -0.25) is 4.79 Å². The molecule has 0 aliphatic rings. The zero-order chi connectivity index (χ0) is 19.3. The molecule has 0 aromatic heterocycles. The van der Waals surface area contributed by atoms with E-state index in [2.05, 4.69) is 5.32 Å². The molecular weight excluding hydrogens is 350 g/mol. The average Bonchev–Trinajstić information content (AvgIpc) is 2.59. The summed E-state index contributed by atoms with van der Waals surface area (Å²) >= 11 is 0. The van der Waals surface area contributed by atoms with Gasteiger partial charge < -0.3 is 11.1 Å².